The van der Waals surface area contributed by atoms with Crippen LogP contribution in [0.15, 0.2) is 81.8 Å². The first-order valence-corrected chi connectivity index (χ1v) is 10.1. The zero-order valence-corrected chi connectivity index (χ0v) is 16.0. The van der Waals surface area contributed by atoms with Crippen LogP contribution in [0.2, 0.25) is 0 Å². The molecule has 1 N–H and O–H groups in total. The number of carbonyl (C=O) groups is 1. The van der Waals surface area contributed by atoms with Crippen LogP contribution >= 0.6 is 23.1 Å². The Labute approximate surface area is 168 Å². The van der Waals surface area contributed by atoms with E-state index in [1.165, 1.54) is 47.4 Å². The topological polar surface area (TPSA) is 68.0 Å². The van der Waals surface area contributed by atoms with E-state index in [1.807, 2.05) is 47.8 Å². The van der Waals surface area contributed by atoms with Crippen molar-refractivity contribution in [3.05, 3.63) is 83.5 Å². The quantitative estimate of drug-likeness (QED) is 0.430. The molecule has 0 spiro atoms. The number of thiophene rings is 1. The van der Waals surface area contributed by atoms with Gasteiger partial charge in [0, 0.05) is 5.69 Å². The van der Waals surface area contributed by atoms with Gasteiger partial charge in [-0.25, -0.2) is 4.39 Å². The van der Waals surface area contributed by atoms with Gasteiger partial charge in [0.2, 0.25) is 5.91 Å². The molecule has 28 heavy (non-hydrogen) atoms. The van der Waals surface area contributed by atoms with Gasteiger partial charge in [-0.15, -0.1) is 21.5 Å². The lowest BCUT2D eigenvalue weighted by atomic mass is 10.1. The molecular weight excluding hydrogens is 397 g/mol. The number of hydrogen-bond acceptors (Lipinski definition) is 6. The first-order valence-electron chi connectivity index (χ1n) is 8.34. The van der Waals surface area contributed by atoms with E-state index in [-0.39, 0.29) is 11.7 Å². The Morgan fingerprint density at radius 2 is 1.82 bits per heavy atom. The highest BCUT2D eigenvalue weighted by Gasteiger charge is 2.25. The second kappa shape index (κ2) is 8.37. The number of rotatable bonds is 6. The summed E-state index contributed by atoms with van der Waals surface area (Å²) in [5, 5.41) is 12.5. The maximum absolute atomic E-state index is 13.1. The molecule has 2 aromatic heterocycles. The van der Waals surface area contributed by atoms with Crippen LogP contribution in [0.25, 0.3) is 10.8 Å². The first-order chi connectivity index (χ1) is 13.7. The maximum atomic E-state index is 13.1. The summed E-state index contributed by atoms with van der Waals surface area (Å²) in [4.78, 5) is 13.8. The van der Waals surface area contributed by atoms with Gasteiger partial charge in [-0.2, -0.15) is 0 Å². The predicted octanol–water partition coefficient (Wildman–Crippen LogP) is 5.41. The van der Waals surface area contributed by atoms with Crippen LogP contribution in [0.1, 0.15) is 10.8 Å². The lowest BCUT2D eigenvalue weighted by molar-refractivity contribution is -0.115. The molecule has 8 heteroatoms. The normalized spacial score (nSPS) is 11.9. The third-order valence-corrected chi connectivity index (χ3v) is 5.76. The summed E-state index contributed by atoms with van der Waals surface area (Å²) >= 11 is 2.67. The van der Waals surface area contributed by atoms with Crippen molar-refractivity contribution in [2.75, 3.05) is 5.32 Å². The average molecular weight is 411 g/mol. The Morgan fingerprint density at radius 3 is 2.54 bits per heavy atom. The van der Waals surface area contributed by atoms with Crippen molar-refractivity contribution in [2.45, 2.75) is 10.5 Å². The molecule has 0 radical (unpaired) electrons. The molecule has 0 saturated carbocycles. The molecule has 0 fully saturated rings. The van der Waals surface area contributed by atoms with Crippen LogP contribution < -0.4 is 5.32 Å². The number of anilines is 1. The number of aromatic nitrogens is 2. The van der Waals surface area contributed by atoms with E-state index in [2.05, 4.69) is 15.5 Å². The van der Waals surface area contributed by atoms with Crippen molar-refractivity contribution in [1.29, 1.82) is 0 Å². The summed E-state index contributed by atoms with van der Waals surface area (Å²) in [6.45, 7) is 0. The summed E-state index contributed by atoms with van der Waals surface area (Å²) in [6.07, 6.45) is 0. The zero-order valence-electron chi connectivity index (χ0n) is 14.4. The van der Waals surface area contributed by atoms with E-state index < -0.39 is 5.25 Å². The Hall–Kier alpha value is -2.97. The number of thioether (sulfide) groups is 1. The van der Waals surface area contributed by atoms with E-state index in [0.717, 1.165) is 10.4 Å². The van der Waals surface area contributed by atoms with Crippen LogP contribution in [-0.2, 0) is 4.79 Å². The fourth-order valence-corrected chi connectivity index (χ4v) is 4.02. The van der Waals surface area contributed by atoms with Crippen molar-refractivity contribution in [2.24, 2.45) is 0 Å². The minimum absolute atomic E-state index is 0.265. The number of nitrogens with zero attached hydrogens (tertiary/aromatic N) is 2. The smallest absolute Gasteiger partial charge is 0.278 e. The highest BCUT2D eigenvalue weighted by atomic mass is 32.2. The van der Waals surface area contributed by atoms with Crippen LogP contribution in [0.3, 0.4) is 0 Å². The van der Waals surface area contributed by atoms with Gasteiger partial charge < -0.3 is 9.73 Å². The molecule has 140 valence electrons. The third kappa shape index (κ3) is 4.29. The highest BCUT2D eigenvalue weighted by Crippen LogP contribution is 2.37. The number of halogens is 1. The van der Waals surface area contributed by atoms with E-state index in [9.17, 15) is 9.18 Å². The number of nitrogens with one attached hydrogen (secondary N) is 1. The van der Waals surface area contributed by atoms with Crippen LogP contribution in [-0.4, -0.2) is 16.1 Å². The van der Waals surface area contributed by atoms with Gasteiger partial charge in [-0.3, -0.25) is 4.79 Å². The van der Waals surface area contributed by atoms with Gasteiger partial charge in [-0.1, -0.05) is 36.4 Å². The highest BCUT2D eigenvalue weighted by molar-refractivity contribution is 8.00. The molecule has 2 aromatic carbocycles. The van der Waals surface area contributed by atoms with Crippen molar-refractivity contribution >= 4 is 34.7 Å². The molecule has 0 unspecified atom stereocenters. The van der Waals surface area contributed by atoms with Gasteiger partial charge in [0.05, 0.1) is 4.88 Å². The summed E-state index contributed by atoms with van der Waals surface area (Å²) < 4.78 is 18.8. The molecule has 0 bridgehead atoms. The number of hydrogen-bond donors (Lipinski definition) is 1. The van der Waals surface area contributed by atoms with E-state index in [1.54, 1.807) is 0 Å². The minimum atomic E-state index is -0.608. The van der Waals surface area contributed by atoms with Gasteiger partial charge in [0.15, 0.2) is 0 Å². The Kier molecular flexibility index (Phi) is 5.50. The molecule has 4 rings (SSSR count). The fraction of sp³-hybridized carbons (Fsp3) is 0.0500. The van der Waals surface area contributed by atoms with Gasteiger partial charge >= 0.3 is 0 Å². The molecule has 0 aliphatic carbocycles. The molecule has 1 amide bonds. The zero-order chi connectivity index (χ0) is 19.3. The summed E-state index contributed by atoms with van der Waals surface area (Å²) in [5.41, 5.74) is 1.31. The second-order valence-electron chi connectivity index (χ2n) is 5.76. The molecular formula is C20H14FN3O2S2. The predicted molar refractivity (Wildman–Crippen MR) is 108 cm³/mol. The monoisotopic (exact) mass is 411 g/mol. The number of benzene rings is 2. The molecule has 2 heterocycles. The molecule has 0 aliphatic heterocycles. The van der Waals surface area contributed by atoms with Crippen LogP contribution in [0.4, 0.5) is 10.1 Å². The lowest BCUT2D eigenvalue weighted by Gasteiger charge is -2.15. The lowest BCUT2D eigenvalue weighted by Crippen LogP contribution is -2.19. The fourth-order valence-electron chi connectivity index (χ4n) is 2.50. The standard InChI is InChI=1S/C20H14FN3O2S2/c21-14-8-10-15(11-9-14)22-18(25)17(13-5-2-1-3-6-13)28-20-24-23-19(26-20)16-7-4-12-27-16/h1-12,17H,(H,22,25)/t17-/m0/s1. The Balaban J connectivity index is 1.57. The number of amides is 1. The average Bonchev–Trinajstić information content (AvgIpc) is 3.40. The van der Waals surface area contributed by atoms with Crippen molar-refractivity contribution in [3.63, 3.8) is 0 Å². The summed E-state index contributed by atoms with van der Waals surface area (Å²) in [6, 6.07) is 18.7. The maximum Gasteiger partial charge on any atom is 0.278 e. The van der Waals surface area contributed by atoms with E-state index in [0.29, 0.717) is 16.8 Å². The Morgan fingerprint density at radius 1 is 1.04 bits per heavy atom. The summed E-state index contributed by atoms with van der Waals surface area (Å²) in [7, 11) is 0. The van der Waals surface area contributed by atoms with Crippen LogP contribution in [0.5, 0.6) is 0 Å². The second-order valence-corrected chi connectivity index (χ2v) is 7.76. The van der Waals surface area contributed by atoms with E-state index in [4.69, 9.17) is 4.42 Å². The Bertz CT molecular complexity index is 1050. The molecule has 0 aliphatic rings. The van der Waals surface area contributed by atoms with Crippen molar-refractivity contribution in [3.8, 4) is 10.8 Å². The number of carbonyl (C=O) groups excluding carboxylic acids is 1. The van der Waals surface area contributed by atoms with E-state index >= 15 is 0 Å². The summed E-state index contributed by atoms with van der Waals surface area (Å²) in [5.74, 6) is -0.208. The molecule has 1 atom stereocenters. The third-order valence-electron chi connectivity index (χ3n) is 3.81. The van der Waals surface area contributed by atoms with Crippen LogP contribution in [0, 0.1) is 5.82 Å². The minimum Gasteiger partial charge on any atom is -0.410 e. The van der Waals surface area contributed by atoms with Crippen molar-refractivity contribution < 1.29 is 13.6 Å². The van der Waals surface area contributed by atoms with Gasteiger partial charge in [0.25, 0.3) is 11.1 Å². The van der Waals surface area contributed by atoms with Gasteiger partial charge in [-0.05, 0) is 53.0 Å². The molecule has 4 aromatic rings. The SMILES string of the molecule is O=C(Nc1ccc(F)cc1)[C@@H](Sc1nnc(-c2cccs2)o1)c1ccccc1. The van der Waals surface area contributed by atoms with Gasteiger partial charge in [0.1, 0.15) is 11.1 Å². The molecule has 0 saturated heterocycles. The molecule has 5 nitrogen and oxygen atoms in total. The largest absolute Gasteiger partial charge is 0.410 e. The first kappa shape index (κ1) is 18.4. The van der Waals surface area contributed by atoms with Crippen molar-refractivity contribution in [1.82, 2.24) is 10.2 Å².